The van der Waals surface area contributed by atoms with Gasteiger partial charge < -0.3 is 11.1 Å². The third-order valence-corrected chi connectivity index (χ3v) is 3.94. The smallest absolute Gasteiger partial charge is 0.244 e. The second-order valence-corrected chi connectivity index (χ2v) is 5.89. The first kappa shape index (κ1) is 15.8. The molecule has 0 saturated heterocycles. The number of aromatic nitrogens is 2. The fourth-order valence-electron chi connectivity index (χ4n) is 2.61. The summed E-state index contributed by atoms with van der Waals surface area (Å²) in [7, 11) is 0. The third-order valence-electron chi connectivity index (χ3n) is 3.94. The summed E-state index contributed by atoms with van der Waals surface area (Å²) >= 11 is 0. The maximum Gasteiger partial charge on any atom is 0.244 e. The standard InChI is InChI=1S/C19H20N4O/c1-12-4-3-5-15(10-12)13(2)21-18(24)9-7-14-6-8-17-16(11-14)19(20)23-22-17/h3-11,13H,1-2H3,(H,21,24)(H3,20,22,23)/b9-7+. The summed E-state index contributed by atoms with van der Waals surface area (Å²) in [5, 5.41) is 10.6. The molecule has 0 radical (unpaired) electrons. The molecule has 4 N–H and O–H groups in total. The summed E-state index contributed by atoms with van der Waals surface area (Å²) in [6.45, 7) is 4.01. The van der Waals surface area contributed by atoms with Crippen LogP contribution in [0.5, 0.6) is 0 Å². The number of nitrogen functional groups attached to an aromatic ring is 1. The first-order chi connectivity index (χ1) is 11.5. The van der Waals surface area contributed by atoms with E-state index < -0.39 is 0 Å². The lowest BCUT2D eigenvalue weighted by Crippen LogP contribution is -2.24. The molecule has 2 aromatic carbocycles. The highest BCUT2D eigenvalue weighted by Gasteiger charge is 2.07. The second kappa shape index (κ2) is 6.58. The van der Waals surface area contributed by atoms with Crippen molar-refractivity contribution in [2.45, 2.75) is 19.9 Å². The molecular formula is C19H20N4O. The molecule has 5 heteroatoms. The lowest BCUT2D eigenvalue weighted by atomic mass is 10.1. The summed E-state index contributed by atoms with van der Waals surface area (Å²) in [5.41, 5.74) is 9.84. The minimum atomic E-state index is -0.135. The normalized spacial score (nSPS) is 12.6. The first-order valence-electron chi connectivity index (χ1n) is 7.81. The van der Waals surface area contributed by atoms with Gasteiger partial charge in [0, 0.05) is 11.5 Å². The number of carbonyl (C=O) groups is 1. The molecule has 24 heavy (non-hydrogen) atoms. The Morgan fingerprint density at radius 1 is 1.29 bits per heavy atom. The monoisotopic (exact) mass is 320 g/mol. The van der Waals surface area contributed by atoms with Crippen LogP contribution in [0.2, 0.25) is 0 Å². The Morgan fingerprint density at radius 2 is 2.12 bits per heavy atom. The van der Waals surface area contributed by atoms with Crippen molar-refractivity contribution < 1.29 is 4.79 Å². The second-order valence-electron chi connectivity index (χ2n) is 5.89. The highest BCUT2D eigenvalue weighted by atomic mass is 16.1. The van der Waals surface area contributed by atoms with E-state index in [4.69, 9.17) is 5.73 Å². The zero-order valence-corrected chi connectivity index (χ0v) is 13.7. The highest BCUT2D eigenvalue weighted by Crippen LogP contribution is 2.20. The number of hydrogen-bond donors (Lipinski definition) is 3. The third kappa shape index (κ3) is 3.46. The van der Waals surface area contributed by atoms with E-state index >= 15 is 0 Å². The van der Waals surface area contributed by atoms with Crippen LogP contribution in [-0.4, -0.2) is 16.1 Å². The molecule has 0 aliphatic heterocycles. The van der Waals surface area contributed by atoms with Crippen molar-refractivity contribution in [2.75, 3.05) is 5.73 Å². The molecule has 1 heterocycles. The number of nitrogens with one attached hydrogen (secondary N) is 2. The number of H-pyrrole nitrogens is 1. The van der Waals surface area contributed by atoms with Gasteiger partial charge in [0.1, 0.15) is 0 Å². The van der Waals surface area contributed by atoms with Crippen LogP contribution in [0.3, 0.4) is 0 Å². The van der Waals surface area contributed by atoms with Crippen molar-refractivity contribution in [1.29, 1.82) is 0 Å². The van der Waals surface area contributed by atoms with E-state index in [1.807, 2.05) is 50.2 Å². The Kier molecular flexibility index (Phi) is 4.33. The molecule has 1 aromatic heterocycles. The van der Waals surface area contributed by atoms with Crippen molar-refractivity contribution in [3.05, 3.63) is 65.2 Å². The Balaban J connectivity index is 1.68. The number of rotatable bonds is 4. The molecule has 1 atom stereocenters. The van der Waals surface area contributed by atoms with Crippen LogP contribution in [0.1, 0.15) is 29.7 Å². The summed E-state index contributed by atoms with van der Waals surface area (Å²) in [6, 6.07) is 13.8. The Morgan fingerprint density at radius 3 is 2.92 bits per heavy atom. The van der Waals surface area contributed by atoms with E-state index in [1.54, 1.807) is 6.08 Å². The number of benzene rings is 2. The van der Waals surface area contributed by atoms with Gasteiger partial charge in [-0.2, -0.15) is 5.10 Å². The van der Waals surface area contributed by atoms with E-state index in [1.165, 1.54) is 11.6 Å². The summed E-state index contributed by atoms with van der Waals surface area (Å²) in [6.07, 6.45) is 3.30. The van der Waals surface area contributed by atoms with Gasteiger partial charge in [-0.05, 0) is 43.2 Å². The Bertz CT molecular complexity index is 911. The van der Waals surface area contributed by atoms with Crippen LogP contribution >= 0.6 is 0 Å². The lowest BCUT2D eigenvalue weighted by molar-refractivity contribution is -0.117. The summed E-state index contributed by atoms with van der Waals surface area (Å²) in [4.78, 5) is 12.1. The number of carbonyl (C=O) groups excluding carboxylic acids is 1. The number of amides is 1. The first-order valence-corrected chi connectivity index (χ1v) is 7.81. The molecule has 3 aromatic rings. The summed E-state index contributed by atoms with van der Waals surface area (Å²) in [5.74, 6) is 0.321. The van der Waals surface area contributed by atoms with Gasteiger partial charge >= 0.3 is 0 Å². The molecule has 1 amide bonds. The van der Waals surface area contributed by atoms with E-state index in [-0.39, 0.29) is 11.9 Å². The Hall–Kier alpha value is -3.08. The molecule has 122 valence electrons. The maximum absolute atomic E-state index is 12.1. The van der Waals surface area contributed by atoms with Crippen LogP contribution in [0.15, 0.2) is 48.5 Å². The molecule has 5 nitrogen and oxygen atoms in total. The minimum absolute atomic E-state index is 0.0472. The van der Waals surface area contributed by atoms with Gasteiger partial charge in [-0.1, -0.05) is 35.9 Å². The van der Waals surface area contributed by atoms with E-state index in [0.717, 1.165) is 22.0 Å². The van der Waals surface area contributed by atoms with Crippen LogP contribution < -0.4 is 11.1 Å². The number of hydrogen-bond acceptors (Lipinski definition) is 3. The van der Waals surface area contributed by atoms with Crippen molar-refractivity contribution >= 4 is 28.7 Å². The van der Waals surface area contributed by atoms with Gasteiger partial charge in [0.05, 0.1) is 11.6 Å². The highest BCUT2D eigenvalue weighted by molar-refractivity contribution is 5.94. The number of nitrogens with zero attached hydrogens (tertiary/aromatic N) is 1. The van der Waals surface area contributed by atoms with E-state index in [2.05, 4.69) is 21.6 Å². The predicted octanol–water partition coefficient (Wildman–Crippen LogP) is 3.34. The quantitative estimate of drug-likeness (QED) is 0.645. The lowest BCUT2D eigenvalue weighted by Gasteiger charge is -2.13. The van der Waals surface area contributed by atoms with Crippen molar-refractivity contribution in [3.8, 4) is 0 Å². The fourth-order valence-corrected chi connectivity index (χ4v) is 2.61. The number of aryl methyl sites for hydroxylation is 1. The van der Waals surface area contributed by atoms with Crippen LogP contribution in [0.25, 0.3) is 17.0 Å². The van der Waals surface area contributed by atoms with Gasteiger partial charge in [0.15, 0.2) is 5.82 Å². The zero-order valence-electron chi connectivity index (χ0n) is 13.7. The number of nitrogens with two attached hydrogens (primary N) is 1. The van der Waals surface area contributed by atoms with Crippen LogP contribution in [-0.2, 0) is 4.79 Å². The molecule has 0 aliphatic carbocycles. The number of anilines is 1. The largest absolute Gasteiger partial charge is 0.382 e. The number of fused-ring (bicyclic) bond motifs is 1. The summed E-state index contributed by atoms with van der Waals surface area (Å²) < 4.78 is 0. The van der Waals surface area contributed by atoms with Gasteiger partial charge in [0.2, 0.25) is 5.91 Å². The van der Waals surface area contributed by atoms with Gasteiger partial charge in [0.25, 0.3) is 0 Å². The predicted molar refractivity (Wildman–Crippen MR) is 97.3 cm³/mol. The van der Waals surface area contributed by atoms with Crippen molar-refractivity contribution in [1.82, 2.24) is 15.5 Å². The molecular weight excluding hydrogens is 300 g/mol. The molecule has 0 bridgehead atoms. The van der Waals surface area contributed by atoms with Crippen LogP contribution in [0, 0.1) is 6.92 Å². The van der Waals surface area contributed by atoms with Gasteiger partial charge in [-0.25, -0.2) is 0 Å². The fraction of sp³-hybridized carbons (Fsp3) is 0.158. The van der Waals surface area contributed by atoms with E-state index in [9.17, 15) is 4.79 Å². The average Bonchev–Trinajstić information content (AvgIpc) is 2.94. The Labute approximate surface area is 140 Å². The molecule has 1 unspecified atom stereocenters. The minimum Gasteiger partial charge on any atom is -0.382 e. The topological polar surface area (TPSA) is 83.8 Å². The zero-order chi connectivity index (χ0) is 17.1. The number of aromatic amines is 1. The SMILES string of the molecule is Cc1cccc(C(C)NC(=O)/C=C/c2ccc3[nH]nc(N)c3c2)c1. The van der Waals surface area contributed by atoms with Crippen LogP contribution in [0.4, 0.5) is 5.82 Å². The van der Waals surface area contributed by atoms with E-state index in [0.29, 0.717) is 5.82 Å². The molecule has 0 saturated carbocycles. The molecule has 0 spiro atoms. The maximum atomic E-state index is 12.1. The van der Waals surface area contributed by atoms with Gasteiger partial charge in [-0.3, -0.25) is 9.89 Å². The molecule has 0 aliphatic rings. The van der Waals surface area contributed by atoms with Gasteiger partial charge in [-0.15, -0.1) is 0 Å². The molecule has 0 fully saturated rings. The average molecular weight is 320 g/mol. The molecule has 3 rings (SSSR count). The van der Waals surface area contributed by atoms with Crippen molar-refractivity contribution in [3.63, 3.8) is 0 Å². The van der Waals surface area contributed by atoms with Crippen molar-refractivity contribution in [2.24, 2.45) is 0 Å².